The van der Waals surface area contributed by atoms with Crippen molar-refractivity contribution >= 4 is 27.6 Å². The standard InChI is InChI=1S/C9H7BrF2N2O4/c1-18-6(15)2-4-7(9(11)12)8(10)5(3-13-4)14(16)17/h3,9H,2H2,1H3. The van der Waals surface area contributed by atoms with Crippen LogP contribution in [0.3, 0.4) is 0 Å². The van der Waals surface area contributed by atoms with E-state index < -0.39 is 35.0 Å². The molecule has 1 rings (SSSR count). The summed E-state index contributed by atoms with van der Waals surface area (Å²) in [6, 6.07) is 0. The van der Waals surface area contributed by atoms with Crippen LogP contribution in [0.25, 0.3) is 0 Å². The highest BCUT2D eigenvalue weighted by Crippen LogP contribution is 2.36. The lowest BCUT2D eigenvalue weighted by atomic mass is 10.1. The van der Waals surface area contributed by atoms with Gasteiger partial charge in [0, 0.05) is 0 Å². The molecule has 0 spiro atoms. The van der Waals surface area contributed by atoms with E-state index in [2.05, 4.69) is 25.7 Å². The van der Waals surface area contributed by atoms with Gasteiger partial charge in [0.15, 0.2) is 0 Å². The second kappa shape index (κ2) is 5.80. The highest BCUT2D eigenvalue weighted by Gasteiger charge is 2.26. The summed E-state index contributed by atoms with van der Waals surface area (Å²) in [7, 11) is 1.10. The largest absolute Gasteiger partial charge is 0.469 e. The van der Waals surface area contributed by atoms with Crippen molar-refractivity contribution in [1.82, 2.24) is 4.98 Å². The molecule has 9 heteroatoms. The third kappa shape index (κ3) is 2.97. The number of hydrogen-bond donors (Lipinski definition) is 0. The number of ether oxygens (including phenoxy) is 1. The summed E-state index contributed by atoms with van der Waals surface area (Å²) < 4.78 is 29.6. The van der Waals surface area contributed by atoms with Crippen LogP contribution in [0, 0.1) is 10.1 Å². The highest BCUT2D eigenvalue weighted by molar-refractivity contribution is 9.10. The lowest BCUT2D eigenvalue weighted by molar-refractivity contribution is -0.386. The van der Waals surface area contributed by atoms with E-state index >= 15 is 0 Å². The van der Waals surface area contributed by atoms with Crippen LogP contribution in [0.1, 0.15) is 17.7 Å². The lowest BCUT2D eigenvalue weighted by Gasteiger charge is -2.09. The molecule has 0 N–H and O–H groups in total. The number of hydrogen-bond acceptors (Lipinski definition) is 5. The van der Waals surface area contributed by atoms with Crippen molar-refractivity contribution in [3.05, 3.63) is 32.0 Å². The minimum absolute atomic E-state index is 0.255. The molecule has 0 aliphatic heterocycles. The molecular weight excluding hydrogens is 318 g/mol. The third-order valence-electron chi connectivity index (χ3n) is 2.07. The summed E-state index contributed by atoms with van der Waals surface area (Å²) in [5.74, 6) is -0.759. The number of carbonyl (C=O) groups excluding carboxylic acids is 1. The first-order valence-electron chi connectivity index (χ1n) is 4.55. The fourth-order valence-corrected chi connectivity index (χ4v) is 1.88. The van der Waals surface area contributed by atoms with Crippen LogP contribution in [-0.2, 0) is 16.0 Å². The van der Waals surface area contributed by atoms with E-state index in [1.165, 1.54) is 0 Å². The Hall–Kier alpha value is -1.64. The Morgan fingerprint density at radius 1 is 1.67 bits per heavy atom. The van der Waals surface area contributed by atoms with Crippen LogP contribution in [0.15, 0.2) is 10.7 Å². The lowest BCUT2D eigenvalue weighted by Crippen LogP contribution is -2.10. The van der Waals surface area contributed by atoms with Gasteiger partial charge in [-0.2, -0.15) is 0 Å². The molecule has 0 fully saturated rings. The number of alkyl halides is 2. The Bertz CT molecular complexity index is 496. The summed E-state index contributed by atoms with van der Waals surface area (Å²) in [5.41, 5.74) is -1.51. The molecule has 0 saturated heterocycles. The number of carbonyl (C=O) groups is 1. The van der Waals surface area contributed by atoms with Crippen molar-refractivity contribution in [2.75, 3.05) is 7.11 Å². The summed E-state index contributed by atoms with van der Waals surface area (Å²) in [6.07, 6.45) is -2.66. The minimum atomic E-state index is -2.99. The van der Waals surface area contributed by atoms with Gasteiger partial charge in [-0.05, 0) is 15.9 Å². The molecule has 0 aliphatic rings. The molecular formula is C9H7BrF2N2O4. The predicted octanol–water partition coefficient (Wildman–Crippen LogP) is 2.41. The van der Waals surface area contributed by atoms with Crippen LogP contribution in [0.4, 0.5) is 14.5 Å². The minimum Gasteiger partial charge on any atom is -0.469 e. The number of aromatic nitrogens is 1. The van der Waals surface area contributed by atoms with Crippen LogP contribution in [0.5, 0.6) is 0 Å². The van der Waals surface area contributed by atoms with Gasteiger partial charge in [-0.15, -0.1) is 0 Å². The molecule has 0 radical (unpaired) electrons. The number of methoxy groups -OCH3 is 1. The molecule has 0 amide bonds. The Labute approximate surface area is 108 Å². The summed E-state index contributed by atoms with van der Waals surface area (Å²) in [4.78, 5) is 24.3. The average molecular weight is 325 g/mol. The number of nitro groups is 1. The topological polar surface area (TPSA) is 82.3 Å². The van der Waals surface area contributed by atoms with Crippen molar-refractivity contribution in [2.24, 2.45) is 0 Å². The zero-order valence-corrected chi connectivity index (χ0v) is 10.6. The fraction of sp³-hybridized carbons (Fsp3) is 0.333. The molecule has 0 aliphatic carbocycles. The number of pyridine rings is 1. The van der Waals surface area contributed by atoms with E-state index in [0.29, 0.717) is 0 Å². The summed E-state index contributed by atoms with van der Waals surface area (Å²) in [6.45, 7) is 0. The van der Waals surface area contributed by atoms with E-state index in [9.17, 15) is 23.7 Å². The molecule has 1 aromatic heterocycles. The van der Waals surface area contributed by atoms with E-state index in [1.807, 2.05) is 0 Å². The molecule has 1 heterocycles. The molecule has 0 aromatic carbocycles. The summed E-state index contributed by atoms with van der Waals surface area (Å²) in [5, 5.41) is 10.6. The Morgan fingerprint density at radius 3 is 2.72 bits per heavy atom. The van der Waals surface area contributed by atoms with Crippen molar-refractivity contribution in [3.8, 4) is 0 Å². The molecule has 1 aromatic rings. The first kappa shape index (κ1) is 14.4. The number of esters is 1. The first-order chi connectivity index (χ1) is 8.38. The molecule has 18 heavy (non-hydrogen) atoms. The van der Waals surface area contributed by atoms with E-state index in [4.69, 9.17) is 0 Å². The quantitative estimate of drug-likeness (QED) is 0.482. The number of nitrogens with zero attached hydrogens (tertiary/aromatic N) is 2. The molecule has 0 saturated carbocycles. The van der Waals surface area contributed by atoms with Crippen LogP contribution >= 0.6 is 15.9 Å². The highest BCUT2D eigenvalue weighted by atomic mass is 79.9. The maximum absolute atomic E-state index is 12.8. The average Bonchev–Trinajstić information content (AvgIpc) is 2.27. The second-order valence-electron chi connectivity index (χ2n) is 3.13. The van der Waals surface area contributed by atoms with Gasteiger partial charge in [0.25, 0.3) is 6.43 Å². The Balaban J connectivity index is 3.32. The van der Waals surface area contributed by atoms with E-state index in [0.717, 1.165) is 13.3 Å². The van der Waals surface area contributed by atoms with Crippen molar-refractivity contribution in [1.29, 1.82) is 0 Å². The van der Waals surface area contributed by atoms with Gasteiger partial charge in [0.2, 0.25) is 0 Å². The monoisotopic (exact) mass is 324 g/mol. The SMILES string of the molecule is COC(=O)Cc1ncc([N+](=O)[O-])c(Br)c1C(F)F. The normalized spacial score (nSPS) is 10.5. The zero-order chi connectivity index (χ0) is 13.9. The first-order valence-corrected chi connectivity index (χ1v) is 5.34. The summed E-state index contributed by atoms with van der Waals surface area (Å²) >= 11 is 2.73. The number of halogens is 3. The Kier molecular flexibility index (Phi) is 4.65. The van der Waals surface area contributed by atoms with Crippen LogP contribution < -0.4 is 0 Å². The molecule has 6 nitrogen and oxygen atoms in total. The maximum atomic E-state index is 12.8. The smallest absolute Gasteiger partial charge is 0.311 e. The predicted molar refractivity (Wildman–Crippen MR) is 59.3 cm³/mol. The fourth-order valence-electron chi connectivity index (χ4n) is 1.23. The van der Waals surface area contributed by atoms with Gasteiger partial charge in [-0.25, -0.2) is 8.78 Å². The number of rotatable bonds is 4. The van der Waals surface area contributed by atoms with Gasteiger partial charge < -0.3 is 4.74 Å². The second-order valence-corrected chi connectivity index (χ2v) is 3.92. The van der Waals surface area contributed by atoms with Gasteiger partial charge in [-0.1, -0.05) is 0 Å². The van der Waals surface area contributed by atoms with Gasteiger partial charge >= 0.3 is 11.7 Å². The molecule has 0 unspecified atom stereocenters. The van der Waals surface area contributed by atoms with E-state index in [-0.39, 0.29) is 10.2 Å². The molecule has 0 bridgehead atoms. The van der Waals surface area contributed by atoms with Crippen LogP contribution in [0.2, 0.25) is 0 Å². The Morgan fingerprint density at radius 2 is 2.28 bits per heavy atom. The zero-order valence-electron chi connectivity index (χ0n) is 9.02. The van der Waals surface area contributed by atoms with Gasteiger partial charge in [0.1, 0.15) is 10.7 Å². The third-order valence-corrected chi connectivity index (χ3v) is 2.90. The van der Waals surface area contributed by atoms with Crippen LogP contribution in [-0.4, -0.2) is 23.0 Å². The van der Waals surface area contributed by atoms with Gasteiger partial charge in [-0.3, -0.25) is 19.9 Å². The molecule has 98 valence electrons. The van der Waals surface area contributed by atoms with Gasteiger partial charge in [0.05, 0.1) is 29.7 Å². The molecule has 0 atom stereocenters. The van der Waals surface area contributed by atoms with Crippen molar-refractivity contribution in [3.63, 3.8) is 0 Å². The van der Waals surface area contributed by atoms with Crippen molar-refractivity contribution < 1.29 is 23.2 Å². The maximum Gasteiger partial charge on any atom is 0.311 e. The van der Waals surface area contributed by atoms with Crippen molar-refractivity contribution in [2.45, 2.75) is 12.8 Å². The van der Waals surface area contributed by atoms with E-state index in [1.54, 1.807) is 0 Å².